The maximum absolute atomic E-state index is 14.0. The van der Waals surface area contributed by atoms with Crippen molar-refractivity contribution in [1.29, 1.82) is 0 Å². The molecule has 0 radical (unpaired) electrons. The van der Waals surface area contributed by atoms with Crippen LogP contribution in [0.2, 0.25) is 0 Å². The molecule has 42 heteroatoms. The molecule has 1 aliphatic carbocycles. The summed E-state index contributed by atoms with van der Waals surface area (Å²) in [5.74, 6) is -0.962. The molecule has 2 N–H and O–H groups in total. The summed E-state index contributed by atoms with van der Waals surface area (Å²) in [5, 5.41) is 19.8. The number of methoxy groups -OCH3 is 4. The van der Waals surface area contributed by atoms with Crippen LogP contribution in [-0.4, -0.2) is 164 Å². The van der Waals surface area contributed by atoms with Crippen LogP contribution in [0.15, 0.2) is 247 Å². The highest BCUT2D eigenvalue weighted by Gasteiger charge is 2.41. The van der Waals surface area contributed by atoms with Crippen molar-refractivity contribution in [3.8, 4) is 51.9 Å². The van der Waals surface area contributed by atoms with E-state index in [4.69, 9.17) is 51.5 Å². The number of aliphatic carboxylic acids is 2. The van der Waals surface area contributed by atoms with Gasteiger partial charge < -0.3 is 61.7 Å². The van der Waals surface area contributed by atoms with Gasteiger partial charge in [0.25, 0.3) is 22.2 Å². The lowest BCUT2D eigenvalue weighted by atomic mass is 9.97. The molecular formula is C108H118BrN15O26. The van der Waals surface area contributed by atoms with Gasteiger partial charge in [-0.15, -0.1) is 0 Å². The molecule has 0 saturated heterocycles. The highest BCUT2D eigenvalue weighted by Crippen LogP contribution is 2.38. The fraction of sp³-hybridized carbons (Fsp3) is 0.370. The number of para-hydroxylation sites is 4. The summed E-state index contributed by atoms with van der Waals surface area (Å²) in [4.78, 5) is 201. The molecule has 1 aliphatic rings. The normalized spacial score (nSPS) is 13.3. The fourth-order valence-corrected chi connectivity index (χ4v) is 17.6. The van der Waals surface area contributed by atoms with Crippen molar-refractivity contribution in [2.75, 3.05) is 35.0 Å². The third-order valence-corrected chi connectivity index (χ3v) is 26.2. The number of aromatic nitrogens is 15. The van der Waals surface area contributed by atoms with Crippen LogP contribution in [0.5, 0.6) is 28.7 Å². The first-order valence-corrected chi connectivity index (χ1v) is 49.0. The highest BCUT2D eigenvalue weighted by atomic mass is 79.9. The molecule has 0 amide bonds. The minimum Gasteiger partial charge on any atom is -0.496 e. The molecular weight excluding hydrogens is 2000 g/mol. The molecule has 15 aromatic rings. The van der Waals surface area contributed by atoms with E-state index in [1.807, 2.05) is 107 Å². The number of pyridine rings is 5. The van der Waals surface area contributed by atoms with E-state index in [0.29, 0.717) is 65.9 Å². The van der Waals surface area contributed by atoms with E-state index >= 15 is 0 Å². The van der Waals surface area contributed by atoms with E-state index in [9.17, 15) is 72.5 Å². The van der Waals surface area contributed by atoms with E-state index in [2.05, 4.69) is 50.8 Å². The Morgan fingerprint density at radius 3 is 1.19 bits per heavy atom. The Labute approximate surface area is 866 Å². The van der Waals surface area contributed by atoms with Gasteiger partial charge >= 0.3 is 40.7 Å². The number of carbonyl (C=O) groups excluding carboxylic acids is 3. The van der Waals surface area contributed by atoms with Crippen LogP contribution in [0.1, 0.15) is 193 Å². The predicted molar refractivity (Wildman–Crippen MR) is 558 cm³/mol. The monoisotopic (exact) mass is 2120 g/mol. The first-order chi connectivity index (χ1) is 71.4. The van der Waals surface area contributed by atoms with Gasteiger partial charge in [-0.05, 0) is 224 Å². The molecule has 16 rings (SSSR count). The number of ketones is 2. The molecule has 11 heterocycles. The molecule has 4 aromatic carbocycles. The van der Waals surface area contributed by atoms with Crippen molar-refractivity contribution >= 4 is 89.5 Å². The number of benzene rings is 4. The minimum atomic E-state index is -1.88. The molecule has 0 aliphatic heterocycles. The summed E-state index contributed by atoms with van der Waals surface area (Å²) in [7, 11) is 6.18. The summed E-state index contributed by atoms with van der Waals surface area (Å²) in [6.45, 7) is 23.1. The second-order valence-electron chi connectivity index (χ2n) is 37.7. The van der Waals surface area contributed by atoms with E-state index in [1.165, 1.54) is 145 Å². The van der Waals surface area contributed by atoms with Gasteiger partial charge in [-0.3, -0.25) is 52.0 Å². The van der Waals surface area contributed by atoms with Crippen molar-refractivity contribution in [2.24, 2.45) is 0 Å². The van der Waals surface area contributed by atoms with Gasteiger partial charge in [0.2, 0.25) is 11.8 Å². The Bertz CT molecular complexity index is 8030. The molecule has 11 aromatic heterocycles. The smallest absolute Gasteiger partial charge is 0.356 e. The zero-order valence-corrected chi connectivity index (χ0v) is 88.0. The van der Waals surface area contributed by atoms with E-state index in [1.54, 1.807) is 100 Å². The second-order valence-corrected chi connectivity index (χ2v) is 38.5. The third-order valence-electron chi connectivity index (χ3n) is 25.7. The van der Waals surface area contributed by atoms with Gasteiger partial charge in [-0.2, -0.15) is 0 Å². The molecule has 788 valence electrons. The number of Topliss-reactive ketones (excluding diaryl/α,β-unsaturated/α-hetero) is 2. The predicted octanol–water partition coefficient (Wildman–Crippen LogP) is 14.4. The van der Waals surface area contributed by atoms with Crippen LogP contribution in [0.3, 0.4) is 0 Å². The van der Waals surface area contributed by atoms with Gasteiger partial charge in [0.05, 0.1) is 114 Å². The third kappa shape index (κ3) is 23.7. The lowest BCUT2D eigenvalue weighted by Crippen LogP contribution is -2.53. The summed E-state index contributed by atoms with van der Waals surface area (Å²) in [6.07, 6.45) is 9.31. The zero-order chi connectivity index (χ0) is 109. The van der Waals surface area contributed by atoms with Crippen LogP contribution in [0, 0.1) is 0 Å². The standard InChI is InChI=1S/C29H26N4O7.C27H33N3O7.C26H30BrN3O6.C26H29N5O6/c1-29(2,27(35)36)33-26(34)24-21(14-13-20(31-24)25-30-15-16-39-25)32(28(33)37)17-23(40-18-9-5-4-6-10-18)19-11-7-8-12-22(19)38-3;1-8-36-25(33)19-13-14-20-23(28-19)24(32)30(27(5,6)17(4)31)26(34)29(20)15-22(37-16(2)3)18-11-9-10-12-21(18)35-7;1-26(2,24(32)33)30-23(31)22-18(13-14-21(27)28-22)29(25(30)34)15-20(36-16-9-5-4-6-10-16)17-11-7-8-12-19(17)35-3;1-15(2)37-20(22-19(35-6)8-7-11-27-22)14-30-18-10-9-17(23-28-12-13-36-23)29-21(18)24(33)31(25(30)34)26(4,5)16(3)32/h4-16,23H,17H2,1-3H3,(H,35,36);9-14,16,22H,8,15H2,1-7H3;7-8,11-14,16,20H,4-6,9-10,15H2,1-3H3,(H,32,33);7-13,15,20H,14H2,1-6H3/t23-;22-;2*20-/m0000/s1. The SMILES string of the molecule is CCOC(=O)c1ccc2c(n1)c(=O)n(C(C)(C)C(C)=O)c(=O)n2C[C@H](OC(C)C)c1ccccc1OC.COc1ccccc1[C@H](Cn1c(=O)n(C(C)(C)C(=O)O)c(=O)c2nc(-c3ncco3)ccc21)Oc1ccccc1.COc1ccccc1[C@H](Cn1c(=O)n(C(C)(C)C(=O)O)c(=O)c2nc(Br)ccc21)OC1CCCCC1.COc1cccnc1[C@H](Cn1c(=O)n(C(C)(C)C(C)=O)c(=O)c2nc(-c3ncco3)ccc21)OC(C)C. The first-order valence-electron chi connectivity index (χ1n) is 48.2. The topological polar surface area (TPSA) is 501 Å². The van der Waals surface area contributed by atoms with Gasteiger partial charge in [0.1, 0.15) is 115 Å². The fourth-order valence-electron chi connectivity index (χ4n) is 17.2. The summed E-state index contributed by atoms with van der Waals surface area (Å²) < 4.78 is 72.3. The largest absolute Gasteiger partial charge is 0.496 e. The molecule has 4 atom stereocenters. The van der Waals surface area contributed by atoms with Gasteiger partial charge in [-0.25, -0.2) is 81.7 Å². The number of ether oxygens (including phenoxy) is 9. The van der Waals surface area contributed by atoms with Crippen molar-refractivity contribution in [2.45, 2.75) is 227 Å². The molecule has 1 saturated carbocycles. The van der Waals surface area contributed by atoms with Crippen molar-refractivity contribution in [3.63, 3.8) is 0 Å². The van der Waals surface area contributed by atoms with Crippen molar-refractivity contribution < 1.29 is 85.7 Å². The quantitative estimate of drug-likeness (QED) is 0.0272. The van der Waals surface area contributed by atoms with Gasteiger partial charge in [0, 0.05) is 22.9 Å². The molecule has 1 fully saturated rings. The Morgan fingerprint density at radius 1 is 0.413 bits per heavy atom. The number of rotatable bonds is 36. The lowest BCUT2D eigenvalue weighted by Gasteiger charge is -2.30. The van der Waals surface area contributed by atoms with Crippen molar-refractivity contribution in [3.05, 3.63) is 311 Å². The average molecular weight is 2120 g/mol. The molecule has 150 heavy (non-hydrogen) atoms. The van der Waals surface area contributed by atoms with Crippen LogP contribution in [0.4, 0.5) is 0 Å². The second kappa shape index (κ2) is 47.4. The van der Waals surface area contributed by atoms with Crippen LogP contribution >= 0.6 is 15.9 Å². The van der Waals surface area contributed by atoms with Crippen LogP contribution in [0.25, 0.3) is 67.3 Å². The number of carboxylic acid groups (broad SMARTS) is 2. The van der Waals surface area contributed by atoms with Gasteiger partial charge in [-0.1, -0.05) is 92.1 Å². The lowest BCUT2D eigenvalue weighted by molar-refractivity contribution is -0.146. The number of halogens is 1. The minimum absolute atomic E-state index is 0.00487. The number of fused-ring (bicyclic) bond motifs is 4. The molecule has 41 nitrogen and oxygen atoms in total. The summed E-state index contributed by atoms with van der Waals surface area (Å²) >= 11 is 3.28. The summed E-state index contributed by atoms with van der Waals surface area (Å²) in [5.41, 5.74) is -8.80. The number of oxazole rings is 2. The molecule has 0 bridgehead atoms. The zero-order valence-electron chi connectivity index (χ0n) is 86.4. The summed E-state index contributed by atoms with van der Waals surface area (Å²) in [6, 6.07) is 47.0. The highest BCUT2D eigenvalue weighted by molar-refractivity contribution is 9.10. The molecule has 0 unspecified atom stereocenters. The van der Waals surface area contributed by atoms with Crippen molar-refractivity contribution in [1.82, 2.24) is 71.4 Å². The number of esters is 1. The maximum Gasteiger partial charge on any atom is 0.356 e. The number of hydrogen-bond acceptors (Lipinski definition) is 31. The number of nitrogens with zero attached hydrogens (tertiary/aromatic N) is 15. The first kappa shape index (κ1) is 111. The van der Waals surface area contributed by atoms with E-state index in [0.717, 1.165) is 44.9 Å². The Morgan fingerprint density at radius 2 is 0.780 bits per heavy atom. The number of carboxylic acids is 2. The van der Waals surface area contributed by atoms with Gasteiger partial charge in [0.15, 0.2) is 33.6 Å². The van der Waals surface area contributed by atoms with Crippen LogP contribution < -0.4 is 68.7 Å². The van der Waals surface area contributed by atoms with E-state index in [-0.39, 0.29) is 124 Å². The number of carbonyl (C=O) groups is 5. The maximum atomic E-state index is 14.0. The van der Waals surface area contributed by atoms with Crippen LogP contribution in [-0.2, 0) is 86.5 Å². The Kier molecular flexibility index (Phi) is 35.1. The Hall–Kier alpha value is -16.1. The van der Waals surface area contributed by atoms with E-state index < -0.39 is 109 Å². The number of hydrogen-bond donors (Lipinski definition) is 2. The average Bonchev–Trinajstić information content (AvgIpc) is 0.857. The molecule has 0 spiro atoms. The Balaban J connectivity index is 0.000000167.